The van der Waals surface area contributed by atoms with Crippen LogP contribution in [0.4, 0.5) is 0 Å². The van der Waals surface area contributed by atoms with Crippen LogP contribution in [0, 0.1) is 5.92 Å². The van der Waals surface area contributed by atoms with Crippen molar-refractivity contribution in [1.29, 1.82) is 0 Å². The third-order valence-electron chi connectivity index (χ3n) is 3.99. The molecule has 2 rings (SSSR count). The van der Waals surface area contributed by atoms with Crippen molar-refractivity contribution in [1.82, 2.24) is 4.90 Å². The van der Waals surface area contributed by atoms with Gasteiger partial charge in [-0.05, 0) is 25.2 Å². The zero-order valence-corrected chi connectivity index (χ0v) is 10.2. The Hall–Kier alpha value is -0.160. The average molecular weight is 228 g/mol. The number of rotatable bonds is 5. The molecule has 1 aliphatic carbocycles. The van der Waals surface area contributed by atoms with Gasteiger partial charge in [-0.25, -0.2) is 0 Å². The molecule has 2 fully saturated rings. The molecule has 2 aliphatic rings. The van der Waals surface area contributed by atoms with Gasteiger partial charge in [-0.15, -0.1) is 0 Å². The Morgan fingerprint density at radius 2 is 2.25 bits per heavy atom. The summed E-state index contributed by atoms with van der Waals surface area (Å²) in [5, 5.41) is 10.5. The van der Waals surface area contributed by atoms with Crippen molar-refractivity contribution in [2.75, 3.05) is 32.8 Å². The Labute approximate surface area is 97.7 Å². The standard InChI is InChI=1S/C12H24N2O2/c1-2-11-7-16-6-5-14(11)9-12(15,8-13)10-3-4-10/h10-11,15H,2-9,13H2,1H3. The van der Waals surface area contributed by atoms with E-state index in [1.54, 1.807) is 0 Å². The number of β-amino-alcohol motifs (C(OH)–C–C–N with tert-alkyl or cyclic N) is 1. The Kier molecular flexibility index (Phi) is 3.85. The van der Waals surface area contributed by atoms with E-state index in [0.717, 1.165) is 45.6 Å². The number of aliphatic hydroxyl groups is 1. The van der Waals surface area contributed by atoms with Crippen LogP contribution in [-0.2, 0) is 4.74 Å². The van der Waals surface area contributed by atoms with Crippen molar-refractivity contribution < 1.29 is 9.84 Å². The quantitative estimate of drug-likeness (QED) is 0.705. The smallest absolute Gasteiger partial charge is 0.0923 e. The second-order valence-corrected chi connectivity index (χ2v) is 5.19. The summed E-state index contributed by atoms with van der Waals surface area (Å²) >= 11 is 0. The molecule has 0 aromatic carbocycles. The summed E-state index contributed by atoms with van der Waals surface area (Å²) in [6, 6.07) is 0.450. The number of morpholine rings is 1. The van der Waals surface area contributed by atoms with Gasteiger partial charge in [-0.2, -0.15) is 0 Å². The fraction of sp³-hybridized carbons (Fsp3) is 1.00. The zero-order valence-electron chi connectivity index (χ0n) is 10.2. The third-order valence-corrected chi connectivity index (χ3v) is 3.99. The first kappa shape index (κ1) is 12.3. The van der Waals surface area contributed by atoms with Crippen LogP contribution in [0.15, 0.2) is 0 Å². The van der Waals surface area contributed by atoms with Crippen LogP contribution in [0.2, 0.25) is 0 Å². The molecule has 94 valence electrons. The number of nitrogens with two attached hydrogens (primary N) is 1. The molecule has 4 heteroatoms. The number of hydrogen-bond donors (Lipinski definition) is 2. The van der Waals surface area contributed by atoms with Crippen molar-refractivity contribution in [3.63, 3.8) is 0 Å². The van der Waals surface area contributed by atoms with Gasteiger partial charge in [0.2, 0.25) is 0 Å². The van der Waals surface area contributed by atoms with Crippen LogP contribution in [0.3, 0.4) is 0 Å². The maximum atomic E-state index is 10.5. The highest BCUT2D eigenvalue weighted by Gasteiger charge is 2.44. The molecule has 1 saturated carbocycles. The first-order valence-corrected chi connectivity index (χ1v) is 6.44. The average Bonchev–Trinajstić information content (AvgIpc) is 3.14. The fourth-order valence-electron chi connectivity index (χ4n) is 2.61. The van der Waals surface area contributed by atoms with Crippen molar-refractivity contribution in [2.24, 2.45) is 11.7 Å². The van der Waals surface area contributed by atoms with E-state index in [-0.39, 0.29) is 0 Å². The number of hydrogen-bond acceptors (Lipinski definition) is 4. The van der Waals surface area contributed by atoms with Gasteiger partial charge in [0, 0.05) is 25.7 Å². The predicted octanol–water partition coefficient (Wildman–Crippen LogP) is 0.197. The molecule has 16 heavy (non-hydrogen) atoms. The lowest BCUT2D eigenvalue weighted by atomic mass is 9.96. The van der Waals surface area contributed by atoms with Gasteiger partial charge in [-0.1, -0.05) is 6.92 Å². The van der Waals surface area contributed by atoms with Gasteiger partial charge in [0.25, 0.3) is 0 Å². The van der Waals surface area contributed by atoms with Crippen LogP contribution in [-0.4, -0.2) is 54.5 Å². The maximum Gasteiger partial charge on any atom is 0.0923 e. The van der Waals surface area contributed by atoms with E-state index in [9.17, 15) is 5.11 Å². The van der Waals surface area contributed by atoms with Gasteiger partial charge in [0.15, 0.2) is 0 Å². The van der Waals surface area contributed by atoms with Gasteiger partial charge < -0.3 is 15.6 Å². The van der Waals surface area contributed by atoms with Crippen molar-refractivity contribution >= 4 is 0 Å². The summed E-state index contributed by atoms with van der Waals surface area (Å²) < 4.78 is 5.47. The van der Waals surface area contributed by atoms with E-state index in [1.165, 1.54) is 0 Å². The largest absolute Gasteiger partial charge is 0.387 e. The van der Waals surface area contributed by atoms with E-state index >= 15 is 0 Å². The molecule has 1 saturated heterocycles. The summed E-state index contributed by atoms with van der Waals surface area (Å²) in [5.74, 6) is 0.429. The lowest BCUT2D eigenvalue weighted by Gasteiger charge is -2.40. The van der Waals surface area contributed by atoms with Gasteiger partial charge in [0.1, 0.15) is 0 Å². The molecule has 1 aliphatic heterocycles. The van der Waals surface area contributed by atoms with Crippen molar-refractivity contribution in [2.45, 2.75) is 37.8 Å². The molecular formula is C12H24N2O2. The third kappa shape index (κ3) is 2.56. The van der Waals surface area contributed by atoms with Gasteiger partial charge in [0.05, 0.1) is 18.8 Å². The van der Waals surface area contributed by atoms with E-state index in [1.807, 2.05) is 0 Å². The van der Waals surface area contributed by atoms with E-state index < -0.39 is 5.60 Å². The summed E-state index contributed by atoms with van der Waals surface area (Å²) in [4.78, 5) is 2.36. The molecule has 0 amide bonds. The molecule has 3 N–H and O–H groups in total. The minimum absolute atomic E-state index is 0.380. The molecule has 0 spiro atoms. The molecule has 0 aromatic rings. The van der Waals surface area contributed by atoms with E-state index in [4.69, 9.17) is 10.5 Å². The monoisotopic (exact) mass is 228 g/mol. The van der Waals surface area contributed by atoms with Gasteiger partial charge in [-0.3, -0.25) is 4.90 Å². The van der Waals surface area contributed by atoms with Crippen LogP contribution >= 0.6 is 0 Å². The van der Waals surface area contributed by atoms with Crippen molar-refractivity contribution in [3.05, 3.63) is 0 Å². The number of ether oxygens (including phenoxy) is 1. The second kappa shape index (κ2) is 5.00. The Balaban J connectivity index is 1.94. The fourth-order valence-corrected chi connectivity index (χ4v) is 2.61. The minimum Gasteiger partial charge on any atom is -0.387 e. The molecule has 0 bridgehead atoms. The topological polar surface area (TPSA) is 58.7 Å². The van der Waals surface area contributed by atoms with E-state index in [0.29, 0.717) is 18.5 Å². The van der Waals surface area contributed by atoms with Crippen LogP contribution in [0.25, 0.3) is 0 Å². The first-order chi connectivity index (χ1) is 7.69. The SMILES string of the molecule is CCC1COCCN1CC(O)(CN)C1CC1. The Bertz CT molecular complexity index is 233. The number of nitrogens with zero attached hydrogens (tertiary/aromatic N) is 1. The summed E-state index contributed by atoms with van der Waals surface area (Å²) in [7, 11) is 0. The van der Waals surface area contributed by atoms with Crippen molar-refractivity contribution in [3.8, 4) is 0 Å². The van der Waals surface area contributed by atoms with E-state index in [2.05, 4.69) is 11.8 Å². The highest BCUT2D eigenvalue weighted by molar-refractivity contribution is 4.98. The molecule has 1 heterocycles. The Morgan fingerprint density at radius 3 is 2.81 bits per heavy atom. The molecule has 4 nitrogen and oxygen atoms in total. The molecule has 0 aromatic heterocycles. The minimum atomic E-state index is -0.662. The molecule has 2 atom stereocenters. The zero-order chi connectivity index (χ0) is 11.6. The van der Waals surface area contributed by atoms with Crippen LogP contribution in [0.1, 0.15) is 26.2 Å². The highest BCUT2D eigenvalue weighted by Crippen LogP contribution is 2.40. The lowest BCUT2D eigenvalue weighted by Crippen LogP contribution is -2.56. The molecule has 0 radical (unpaired) electrons. The maximum absolute atomic E-state index is 10.5. The van der Waals surface area contributed by atoms with Crippen LogP contribution in [0.5, 0.6) is 0 Å². The summed E-state index contributed by atoms with van der Waals surface area (Å²) in [6.07, 6.45) is 3.34. The molecule has 2 unspecified atom stereocenters. The Morgan fingerprint density at radius 1 is 1.50 bits per heavy atom. The highest BCUT2D eigenvalue weighted by atomic mass is 16.5. The lowest BCUT2D eigenvalue weighted by molar-refractivity contribution is -0.0657. The van der Waals surface area contributed by atoms with Crippen LogP contribution < -0.4 is 5.73 Å². The summed E-state index contributed by atoms with van der Waals surface area (Å²) in [6.45, 7) is 5.77. The first-order valence-electron chi connectivity index (χ1n) is 6.44. The molecular weight excluding hydrogens is 204 g/mol. The normalized spacial score (nSPS) is 31.3. The second-order valence-electron chi connectivity index (χ2n) is 5.19. The van der Waals surface area contributed by atoms with Gasteiger partial charge >= 0.3 is 0 Å². The summed E-state index contributed by atoms with van der Waals surface area (Å²) in [5.41, 5.74) is 5.08. The predicted molar refractivity (Wildman–Crippen MR) is 63.2 cm³/mol.